The molecule has 9 nitrogen and oxygen atoms in total. The van der Waals surface area contributed by atoms with Crippen LogP contribution in [0.2, 0.25) is 0 Å². The van der Waals surface area contributed by atoms with E-state index in [2.05, 4.69) is 5.32 Å². The van der Waals surface area contributed by atoms with Gasteiger partial charge in [-0.3, -0.25) is 13.9 Å². The number of amides is 2. The number of benzene rings is 2. The highest BCUT2D eigenvalue weighted by molar-refractivity contribution is 7.92. The molecule has 0 spiro atoms. The van der Waals surface area contributed by atoms with Gasteiger partial charge in [0.15, 0.2) is 11.5 Å². The summed E-state index contributed by atoms with van der Waals surface area (Å²) in [6, 6.07) is 8.76. The van der Waals surface area contributed by atoms with Crippen LogP contribution < -0.4 is 24.8 Å². The van der Waals surface area contributed by atoms with Crippen LogP contribution in [0.15, 0.2) is 36.4 Å². The van der Waals surface area contributed by atoms with Gasteiger partial charge in [-0.15, -0.1) is 0 Å². The Morgan fingerprint density at radius 2 is 1.57 bits per heavy atom. The molecule has 0 aliphatic rings. The zero-order valence-electron chi connectivity index (χ0n) is 15.8. The highest BCUT2D eigenvalue weighted by atomic mass is 32.2. The molecule has 0 atom stereocenters. The van der Waals surface area contributed by atoms with Crippen LogP contribution >= 0.6 is 0 Å². The maximum absolute atomic E-state index is 12.8. The van der Waals surface area contributed by atoms with Crippen molar-refractivity contribution in [3.63, 3.8) is 0 Å². The number of ether oxygens (including phenoxy) is 2. The maximum atomic E-state index is 12.8. The molecule has 0 aromatic heterocycles. The number of methoxy groups -OCH3 is 2. The Labute approximate surface area is 163 Å². The summed E-state index contributed by atoms with van der Waals surface area (Å²) < 4.78 is 35.4. The number of carbonyl (C=O) groups excluding carboxylic acids is 2. The van der Waals surface area contributed by atoms with E-state index < -0.39 is 21.8 Å². The highest BCUT2D eigenvalue weighted by Crippen LogP contribution is 2.36. The molecule has 0 aliphatic heterocycles. The van der Waals surface area contributed by atoms with Gasteiger partial charge in [0.25, 0.3) is 5.91 Å². The molecule has 0 radical (unpaired) electrons. The first-order valence-electron chi connectivity index (χ1n) is 7.99. The van der Waals surface area contributed by atoms with E-state index in [4.69, 9.17) is 15.2 Å². The summed E-state index contributed by atoms with van der Waals surface area (Å²) in [6.07, 6.45) is 1.02. The van der Waals surface area contributed by atoms with Gasteiger partial charge < -0.3 is 20.5 Å². The second-order valence-electron chi connectivity index (χ2n) is 5.85. The molecular formula is C18H21N3O6S. The summed E-state index contributed by atoms with van der Waals surface area (Å²) in [5.41, 5.74) is 6.07. The van der Waals surface area contributed by atoms with E-state index in [9.17, 15) is 18.0 Å². The van der Waals surface area contributed by atoms with E-state index >= 15 is 0 Å². The predicted molar refractivity (Wildman–Crippen MR) is 106 cm³/mol. The summed E-state index contributed by atoms with van der Waals surface area (Å²) in [7, 11) is 0.499. The Balaban J connectivity index is 2.49. The number of primary amides is 1. The molecule has 2 rings (SSSR count). The maximum Gasteiger partial charge on any atom is 0.257 e. The minimum atomic E-state index is -3.64. The van der Waals surface area contributed by atoms with E-state index in [1.54, 1.807) is 0 Å². The monoisotopic (exact) mass is 407 g/mol. The lowest BCUT2D eigenvalue weighted by molar-refractivity contribution is 0.0998. The second-order valence-corrected chi connectivity index (χ2v) is 7.86. The zero-order chi connectivity index (χ0) is 21.1. The van der Waals surface area contributed by atoms with Gasteiger partial charge >= 0.3 is 0 Å². The molecule has 0 saturated heterocycles. The first kappa shape index (κ1) is 21.0. The van der Waals surface area contributed by atoms with Gasteiger partial charge in [-0.1, -0.05) is 0 Å². The minimum Gasteiger partial charge on any atom is -0.493 e. The largest absolute Gasteiger partial charge is 0.493 e. The van der Waals surface area contributed by atoms with Gasteiger partial charge in [0, 0.05) is 24.4 Å². The van der Waals surface area contributed by atoms with Crippen LogP contribution in [0.3, 0.4) is 0 Å². The lowest BCUT2D eigenvalue weighted by atomic mass is 10.1. The van der Waals surface area contributed by atoms with Crippen LogP contribution in [0.5, 0.6) is 11.5 Å². The van der Waals surface area contributed by atoms with Gasteiger partial charge in [0.1, 0.15) is 0 Å². The van der Waals surface area contributed by atoms with Crippen LogP contribution in [0, 0.1) is 0 Å². The van der Waals surface area contributed by atoms with Crippen molar-refractivity contribution in [2.75, 3.05) is 37.1 Å². The summed E-state index contributed by atoms with van der Waals surface area (Å²) >= 11 is 0. The third-order valence-corrected chi connectivity index (χ3v) is 5.20. The van der Waals surface area contributed by atoms with E-state index in [1.165, 1.54) is 57.7 Å². The Morgan fingerprint density at radius 3 is 2.04 bits per heavy atom. The summed E-state index contributed by atoms with van der Waals surface area (Å²) in [5, 5.41) is 2.65. The fraction of sp³-hybridized carbons (Fsp3) is 0.222. The molecule has 2 amide bonds. The molecule has 0 fully saturated rings. The number of nitrogens with one attached hydrogen (secondary N) is 1. The Hall–Kier alpha value is -3.27. The molecule has 10 heteroatoms. The van der Waals surface area contributed by atoms with Crippen LogP contribution in [-0.2, 0) is 10.0 Å². The van der Waals surface area contributed by atoms with E-state index in [-0.39, 0.29) is 22.7 Å². The molecule has 0 aliphatic carbocycles. The zero-order valence-corrected chi connectivity index (χ0v) is 16.7. The third-order valence-electron chi connectivity index (χ3n) is 4.01. The highest BCUT2D eigenvalue weighted by Gasteiger charge is 2.23. The van der Waals surface area contributed by atoms with Crippen molar-refractivity contribution in [2.24, 2.45) is 5.73 Å². The van der Waals surface area contributed by atoms with Gasteiger partial charge in [-0.2, -0.15) is 0 Å². The van der Waals surface area contributed by atoms with E-state index in [0.717, 1.165) is 10.6 Å². The molecule has 2 aromatic carbocycles. The Morgan fingerprint density at radius 1 is 1.04 bits per heavy atom. The summed E-state index contributed by atoms with van der Waals surface area (Å²) in [4.78, 5) is 24.0. The molecular weight excluding hydrogens is 386 g/mol. The number of hydrogen-bond acceptors (Lipinski definition) is 6. The average Bonchev–Trinajstić information content (AvgIpc) is 2.65. The number of nitrogens with zero attached hydrogens (tertiary/aromatic N) is 1. The van der Waals surface area contributed by atoms with E-state index in [0.29, 0.717) is 11.3 Å². The number of carbonyl (C=O) groups is 2. The topological polar surface area (TPSA) is 128 Å². The van der Waals surface area contributed by atoms with Gasteiger partial charge in [0.2, 0.25) is 15.9 Å². The Bertz CT molecular complexity index is 1000. The first-order chi connectivity index (χ1) is 13.1. The molecule has 2 aromatic rings. The van der Waals surface area contributed by atoms with Crippen molar-refractivity contribution in [2.45, 2.75) is 0 Å². The first-order valence-corrected chi connectivity index (χ1v) is 9.84. The fourth-order valence-electron chi connectivity index (χ4n) is 2.41. The molecule has 0 unspecified atom stereocenters. The van der Waals surface area contributed by atoms with Crippen LogP contribution in [0.4, 0.5) is 11.4 Å². The standard InChI is InChI=1S/C18H21N3O6S/c1-21(28(4,24)25)14-10-16(27-3)15(26-2)9-13(14)18(23)20-12-7-5-11(6-8-12)17(19)22/h5-10H,1-4H3,(H2,19,22)(H,20,23). The average molecular weight is 407 g/mol. The fourth-order valence-corrected chi connectivity index (χ4v) is 2.91. The molecule has 0 heterocycles. The number of sulfonamides is 1. The predicted octanol–water partition coefficient (Wildman–Crippen LogP) is 1.45. The quantitative estimate of drug-likeness (QED) is 0.715. The number of nitrogens with two attached hydrogens (primary N) is 1. The van der Waals surface area contributed by atoms with Crippen LogP contribution in [0.25, 0.3) is 0 Å². The van der Waals surface area contributed by atoms with Crippen molar-refractivity contribution in [1.29, 1.82) is 0 Å². The van der Waals surface area contributed by atoms with Crippen molar-refractivity contribution >= 4 is 33.2 Å². The SMILES string of the molecule is COc1cc(C(=O)Nc2ccc(C(N)=O)cc2)c(N(C)S(C)(=O)=O)cc1OC. The number of hydrogen-bond donors (Lipinski definition) is 2. The van der Waals surface area contributed by atoms with Crippen molar-refractivity contribution in [3.05, 3.63) is 47.5 Å². The van der Waals surface area contributed by atoms with Crippen LogP contribution in [0.1, 0.15) is 20.7 Å². The number of rotatable bonds is 7. The smallest absolute Gasteiger partial charge is 0.257 e. The minimum absolute atomic E-state index is 0.0598. The van der Waals surface area contributed by atoms with Crippen LogP contribution in [-0.4, -0.2) is 47.8 Å². The summed E-state index contributed by atoms with van der Waals surface area (Å²) in [6.45, 7) is 0. The second kappa shape index (κ2) is 8.17. The van der Waals surface area contributed by atoms with E-state index in [1.807, 2.05) is 0 Å². The van der Waals surface area contributed by atoms with Crippen molar-refractivity contribution in [1.82, 2.24) is 0 Å². The molecule has 3 N–H and O–H groups in total. The van der Waals surface area contributed by atoms with Gasteiger partial charge in [-0.05, 0) is 30.3 Å². The van der Waals surface area contributed by atoms with Crippen molar-refractivity contribution < 1.29 is 27.5 Å². The van der Waals surface area contributed by atoms with Gasteiger partial charge in [0.05, 0.1) is 31.7 Å². The molecule has 28 heavy (non-hydrogen) atoms. The number of anilines is 2. The van der Waals surface area contributed by atoms with Gasteiger partial charge in [-0.25, -0.2) is 8.42 Å². The lowest BCUT2D eigenvalue weighted by Crippen LogP contribution is -2.28. The molecule has 0 bridgehead atoms. The summed E-state index contributed by atoms with van der Waals surface area (Å²) in [5.74, 6) is -0.620. The third kappa shape index (κ3) is 4.52. The molecule has 150 valence electrons. The molecule has 0 saturated carbocycles. The lowest BCUT2D eigenvalue weighted by Gasteiger charge is -2.22. The van der Waals surface area contributed by atoms with Crippen molar-refractivity contribution in [3.8, 4) is 11.5 Å². The normalized spacial score (nSPS) is 10.9. The Kier molecular flexibility index (Phi) is 6.14.